The monoisotopic (exact) mass is 473 g/mol. The van der Waals surface area contributed by atoms with E-state index in [1.807, 2.05) is 18.2 Å². The number of rotatable bonds is 11. The summed E-state index contributed by atoms with van der Waals surface area (Å²) in [5, 5.41) is 0.140. The van der Waals surface area contributed by atoms with E-state index >= 15 is 0 Å². The molecule has 0 heterocycles. The number of hydrogen-bond donors (Lipinski definition) is 1. The van der Waals surface area contributed by atoms with Gasteiger partial charge in [0.1, 0.15) is 0 Å². The van der Waals surface area contributed by atoms with Crippen molar-refractivity contribution in [3.05, 3.63) is 53.1 Å². The molecule has 0 aliphatic rings. The molecule has 0 aliphatic carbocycles. The predicted molar refractivity (Wildman–Crippen MR) is 135 cm³/mol. The van der Waals surface area contributed by atoms with E-state index in [1.54, 1.807) is 20.3 Å². The van der Waals surface area contributed by atoms with Gasteiger partial charge in [-0.15, -0.1) is 0 Å². The third-order valence-corrected chi connectivity index (χ3v) is 11.2. The largest absolute Gasteiger partial charge is 0.493 e. The fourth-order valence-electron chi connectivity index (χ4n) is 3.67. The first-order chi connectivity index (χ1) is 15.5. The summed E-state index contributed by atoms with van der Waals surface area (Å²) in [5.74, 6) is 0.889. The molecular weight excluding hydrogens is 434 g/mol. The molecule has 1 amide bonds. The summed E-state index contributed by atoms with van der Waals surface area (Å²) < 4.78 is 23.2. The van der Waals surface area contributed by atoms with E-state index < -0.39 is 14.2 Å². The normalized spacial score (nSPS) is 12.8. The molecule has 0 fully saturated rings. The highest BCUT2D eigenvalue weighted by Crippen LogP contribution is 2.44. The van der Waals surface area contributed by atoms with Gasteiger partial charge >= 0.3 is 0 Å². The maximum atomic E-state index is 12.4. The van der Waals surface area contributed by atoms with Crippen molar-refractivity contribution in [2.45, 2.75) is 57.7 Å². The fourth-order valence-corrected chi connectivity index (χ4v) is 4.73. The Bertz CT molecular complexity index is 938. The topological polar surface area (TPSA) is 80.0 Å². The van der Waals surface area contributed by atoms with Crippen molar-refractivity contribution >= 4 is 14.2 Å². The number of hydrogen-bond acceptors (Lipinski definition) is 5. The number of ether oxygens (including phenoxy) is 3. The van der Waals surface area contributed by atoms with Crippen LogP contribution >= 0.6 is 0 Å². The van der Waals surface area contributed by atoms with E-state index in [4.69, 9.17) is 24.4 Å². The maximum Gasteiger partial charge on any atom is 0.249 e. The van der Waals surface area contributed by atoms with Crippen molar-refractivity contribution in [3.8, 4) is 17.2 Å². The Balaban J connectivity index is 2.47. The molecule has 2 aromatic rings. The molecule has 0 aromatic heterocycles. The van der Waals surface area contributed by atoms with Crippen molar-refractivity contribution in [2.75, 3.05) is 27.9 Å². The van der Waals surface area contributed by atoms with Crippen LogP contribution in [0.3, 0.4) is 0 Å². The third-order valence-electron chi connectivity index (χ3n) is 6.66. The van der Waals surface area contributed by atoms with Crippen LogP contribution in [-0.4, -0.2) is 42.2 Å². The zero-order valence-electron chi connectivity index (χ0n) is 21.3. The van der Waals surface area contributed by atoms with Crippen molar-refractivity contribution in [2.24, 2.45) is 5.73 Å². The Morgan fingerprint density at radius 1 is 1.00 bits per heavy atom. The van der Waals surface area contributed by atoms with E-state index in [1.165, 1.54) is 12.7 Å². The lowest BCUT2D eigenvalue weighted by atomic mass is 9.87. The van der Waals surface area contributed by atoms with E-state index in [0.717, 1.165) is 6.42 Å². The van der Waals surface area contributed by atoms with Crippen LogP contribution in [0.5, 0.6) is 17.2 Å². The van der Waals surface area contributed by atoms with Gasteiger partial charge in [0, 0.05) is 17.7 Å². The van der Waals surface area contributed by atoms with Crippen LogP contribution in [0.4, 0.5) is 0 Å². The third kappa shape index (κ3) is 6.30. The zero-order valence-corrected chi connectivity index (χ0v) is 22.3. The van der Waals surface area contributed by atoms with Crippen LogP contribution in [0.1, 0.15) is 54.6 Å². The molecule has 2 N–H and O–H groups in total. The summed E-state index contributed by atoms with van der Waals surface area (Å²) >= 11 is 0. The van der Waals surface area contributed by atoms with Crippen LogP contribution in [0, 0.1) is 0 Å². The number of benzene rings is 2. The first-order valence-corrected chi connectivity index (χ1v) is 14.2. The molecule has 7 heteroatoms. The van der Waals surface area contributed by atoms with Crippen LogP contribution < -0.4 is 19.9 Å². The molecule has 33 heavy (non-hydrogen) atoms. The molecule has 182 valence electrons. The standard InChI is InChI=1S/C26H39NO5Si/c1-26(2,3)33(7,8)32-15-14-19(18-12-10-9-11-13-18)16-20-21(25(27)28)17-22(29-4)24(31-6)23(20)30-5/h9-13,17,19H,14-16H2,1-8H3,(H2,27,28). The van der Waals surface area contributed by atoms with Crippen LogP contribution in [0.2, 0.25) is 18.1 Å². The lowest BCUT2D eigenvalue weighted by Crippen LogP contribution is -2.41. The van der Waals surface area contributed by atoms with Gasteiger partial charge in [0.25, 0.3) is 0 Å². The molecule has 6 nitrogen and oxygen atoms in total. The molecule has 2 rings (SSSR count). The van der Waals surface area contributed by atoms with Crippen molar-refractivity contribution < 1.29 is 23.4 Å². The molecule has 0 saturated heterocycles. The Morgan fingerprint density at radius 2 is 1.61 bits per heavy atom. The number of primary amides is 1. The Hall–Kier alpha value is -2.51. The second-order valence-corrected chi connectivity index (χ2v) is 14.6. The van der Waals surface area contributed by atoms with Crippen molar-refractivity contribution in [1.82, 2.24) is 0 Å². The number of amides is 1. The maximum absolute atomic E-state index is 12.4. The summed E-state index contributed by atoms with van der Waals surface area (Å²) in [6.45, 7) is 11.9. The van der Waals surface area contributed by atoms with Gasteiger partial charge in [-0.05, 0) is 48.5 Å². The average Bonchev–Trinajstić information content (AvgIpc) is 2.77. The number of carbonyl (C=O) groups is 1. The van der Waals surface area contributed by atoms with Gasteiger partial charge in [0.15, 0.2) is 19.8 Å². The van der Waals surface area contributed by atoms with E-state index in [-0.39, 0.29) is 11.0 Å². The highest BCUT2D eigenvalue weighted by atomic mass is 28.4. The predicted octanol–water partition coefficient (Wildman–Crippen LogP) is 5.55. The zero-order chi connectivity index (χ0) is 24.8. The summed E-state index contributed by atoms with van der Waals surface area (Å²) in [6.07, 6.45) is 1.35. The SMILES string of the molecule is COc1cc(C(N)=O)c(CC(CCO[Si](C)(C)C(C)(C)C)c2ccccc2)c(OC)c1OC. The Labute approximate surface area is 199 Å². The first-order valence-electron chi connectivity index (χ1n) is 11.3. The Kier molecular flexibility index (Phi) is 8.97. The minimum atomic E-state index is -1.87. The van der Waals surface area contributed by atoms with Crippen LogP contribution in [0.15, 0.2) is 36.4 Å². The summed E-state index contributed by atoms with van der Waals surface area (Å²) in [4.78, 5) is 12.4. The fraction of sp³-hybridized carbons (Fsp3) is 0.500. The summed E-state index contributed by atoms with van der Waals surface area (Å²) in [7, 11) is 2.76. The van der Waals surface area contributed by atoms with Gasteiger partial charge in [0.05, 0.1) is 21.3 Å². The van der Waals surface area contributed by atoms with Gasteiger partial charge < -0.3 is 24.4 Å². The minimum absolute atomic E-state index is 0.0982. The van der Waals surface area contributed by atoms with Gasteiger partial charge in [0.2, 0.25) is 11.7 Å². The molecule has 0 radical (unpaired) electrons. The second-order valence-electron chi connectivity index (χ2n) is 9.74. The van der Waals surface area contributed by atoms with Crippen LogP contribution in [0.25, 0.3) is 0 Å². The lowest BCUT2D eigenvalue weighted by molar-refractivity contribution is 0.0998. The van der Waals surface area contributed by atoms with Crippen molar-refractivity contribution in [3.63, 3.8) is 0 Å². The van der Waals surface area contributed by atoms with Crippen molar-refractivity contribution in [1.29, 1.82) is 0 Å². The molecule has 1 unspecified atom stereocenters. The molecule has 0 aliphatic heterocycles. The van der Waals surface area contributed by atoms with E-state index in [0.29, 0.717) is 41.4 Å². The number of carbonyl (C=O) groups excluding carboxylic acids is 1. The molecular formula is C26H39NO5Si. The van der Waals surface area contributed by atoms with Gasteiger partial charge in [-0.2, -0.15) is 0 Å². The molecule has 0 spiro atoms. The minimum Gasteiger partial charge on any atom is -0.493 e. The van der Waals surface area contributed by atoms with Crippen LogP contribution in [-0.2, 0) is 10.8 Å². The highest BCUT2D eigenvalue weighted by molar-refractivity contribution is 6.74. The summed E-state index contributed by atoms with van der Waals surface area (Å²) in [5.41, 5.74) is 8.02. The Morgan fingerprint density at radius 3 is 2.09 bits per heavy atom. The smallest absolute Gasteiger partial charge is 0.249 e. The average molecular weight is 474 g/mol. The first kappa shape index (κ1) is 26.7. The highest BCUT2D eigenvalue weighted by Gasteiger charge is 2.37. The molecule has 1 atom stereocenters. The van der Waals surface area contributed by atoms with Gasteiger partial charge in [-0.25, -0.2) is 0 Å². The molecule has 0 saturated carbocycles. The quantitative estimate of drug-likeness (QED) is 0.433. The molecule has 2 aromatic carbocycles. The van der Waals surface area contributed by atoms with Gasteiger partial charge in [-0.3, -0.25) is 4.79 Å². The number of nitrogens with two attached hydrogens (primary N) is 1. The number of methoxy groups -OCH3 is 3. The van der Waals surface area contributed by atoms with E-state index in [2.05, 4.69) is 46.0 Å². The molecule has 0 bridgehead atoms. The van der Waals surface area contributed by atoms with Gasteiger partial charge in [-0.1, -0.05) is 51.1 Å². The summed E-state index contributed by atoms with van der Waals surface area (Å²) in [6, 6.07) is 11.9. The van der Waals surface area contributed by atoms with E-state index in [9.17, 15) is 4.79 Å². The lowest BCUT2D eigenvalue weighted by Gasteiger charge is -2.36. The second kappa shape index (κ2) is 11.1.